The maximum absolute atomic E-state index is 11.7. The van der Waals surface area contributed by atoms with Crippen molar-refractivity contribution in [3.05, 3.63) is 0 Å². The van der Waals surface area contributed by atoms with Gasteiger partial charge in [0.25, 0.3) is 0 Å². The summed E-state index contributed by atoms with van der Waals surface area (Å²) in [5.41, 5.74) is 0. The molecule has 0 radical (unpaired) electrons. The maximum atomic E-state index is 11.7. The predicted molar refractivity (Wildman–Crippen MR) is 68.4 cm³/mol. The normalized spacial score (nSPS) is 25.9. The smallest absolute Gasteiger partial charge is 0.246 e. The third-order valence-corrected chi connectivity index (χ3v) is 3.52. The number of nitrogens with one attached hydrogen (secondary N) is 2. The third kappa shape index (κ3) is 4.92. The second kappa shape index (κ2) is 7.71. The number of hydrogen-bond acceptors (Lipinski definition) is 4. The van der Waals surface area contributed by atoms with E-state index in [9.17, 15) is 4.79 Å². The maximum Gasteiger partial charge on any atom is 0.246 e. The van der Waals surface area contributed by atoms with Gasteiger partial charge in [-0.3, -0.25) is 4.79 Å². The molecule has 18 heavy (non-hydrogen) atoms. The zero-order valence-corrected chi connectivity index (χ0v) is 11.0. The van der Waals surface area contributed by atoms with Gasteiger partial charge < -0.3 is 20.1 Å². The van der Waals surface area contributed by atoms with Crippen molar-refractivity contribution in [3.63, 3.8) is 0 Å². The van der Waals surface area contributed by atoms with Crippen LogP contribution < -0.4 is 10.6 Å². The second-order valence-corrected chi connectivity index (χ2v) is 5.10. The molecule has 2 aliphatic heterocycles. The first-order valence-electron chi connectivity index (χ1n) is 7.04. The quantitative estimate of drug-likeness (QED) is 0.749. The molecule has 0 aromatic rings. The molecule has 2 aliphatic rings. The molecule has 2 fully saturated rings. The monoisotopic (exact) mass is 256 g/mol. The van der Waals surface area contributed by atoms with Crippen LogP contribution in [0.4, 0.5) is 0 Å². The summed E-state index contributed by atoms with van der Waals surface area (Å²) in [6.07, 6.45) is 5.61. The third-order valence-electron chi connectivity index (χ3n) is 3.52. The molecule has 0 aromatic heterocycles. The minimum Gasteiger partial charge on any atom is -0.376 e. The molecule has 2 heterocycles. The number of amides is 1. The van der Waals surface area contributed by atoms with Crippen molar-refractivity contribution in [3.8, 4) is 0 Å². The summed E-state index contributed by atoms with van der Waals surface area (Å²) in [5.74, 6) is -0.00212. The highest BCUT2D eigenvalue weighted by atomic mass is 16.5. The second-order valence-electron chi connectivity index (χ2n) is 5.10. The van der Waals surface area contributed by atoms with Gasteiger partial charge in [-0.15, -0.1) is 0 Å². The largest absolute Gasteiger partial charge is 0.376 e. The first kappa shape index (κ1) is 13.8. The van der Waals surface area contributed by atoms with Crippen LogP contribution in [0.1, 0.15) is 32.1 Å². The fraction of sp³-hybridized carbons (Fsp3) is 0.923. The molecule has 0 aromatic carbocycles. The Bertz CT molecular complexity index is 249. The lowest BCUT2D eigenvalue weighted by molar-refractivity contribution is -0.128. The molecule has 104 valence electrons. The Morgan fingerprint density at radius 3 is 2.83 bits per heavy atom. The van der Waals surface area contributed by atoms with Crippen molar-refractivity contribution in [2.75, 3.05) is 32.9 Å². The zero-order valence-electron chi connectivity index (χ0n) is 11.0. The van der Waals surface area contributed by atoms with Gasteiger partial charge in [0.05, 0.1) is 12.7 Å². The molecule has 1 atom stereocenters. The molecule has 5 heteroatoms. The van der Waals surface area contributed by atoms with Crippen LogP contribution in [0.3, 0.4) is 0 Å². The van der Waals surface area contributed by atoms with Crippen LogP contribution in [0.5, 0.6) is 0 Å². The van der Waals surface area contributed by atoms with Gasteiger partial charge in [0, 0.05) is 12.6 Å². The molecule has 2 rings (SSSR count). The number of carbonyl (C=O) groups is 1. The van der Waals surface area contributed by atoms with Crippen molar-refractivity contribution in [2.45, 2.75) is 44.2 Å². The molecular formula is C13H24N2O3. The topological polar surface area (TPSA) is 59.6 Å². The van der Waals surface area contributed by atoms with Crippen LogP contribution in [-0.2, 0) is 14.3 Å². The molecule has 0 unspecified atom stereocenters. The van der Waals surface area contributed by atoms with Crippen LogP contribution >= 0.6 is 0 Å². The average Bonchev–Trinajstić information content (AvgIpc) is 2.41. The predicted octanol–water partition coefficient (Wildman–Crippen LogP) is 0.440. The van der Waals surface area contributed by atoms with Gasteiger partial charge >= 0.3 is 0 Å². The number of hydrogen-bond donors (Lipinski definition) is 2. The van der Waals surface area contributed by atoms with Gasteiger partial charge in [-0.1, -0.05) is 0 Å². The Morgan fingerprint density at radius 1 is 1.28 bits per heavy atom. The van der Waals surface area contributed by atoms with Crippen LogP contribution in [0, 0.1) is 0 Å². The van der Waals surface area contributed by atoms with Gasteiger partial charge in [-0.25, -0.2) is 0 Å². The fourth-order valence-corrected chi connectivity index (χ4v) is 2.46. The standard InChI is InChI=1S/C13H24N2O3/c16-13(15-11-4-6-14-7-5-11)10-17-9-12-3-1-2-8-18-12/h11-12,14H,1-10H2,(H,15,16)/t12-/m0/s1. The zero-order chi connectivity index (χ0) is 12.6. The van der Waals surface area contributed by atoms with Crippen LogP contribution in [0.25, 0.3) is 0 Å². The lowest BCUT2D eigenvalue weighted by Crippen LogP contribution is -2.44. The van der Waals surface area contributed by atoms with E-state index in [2.05, 4.69) is 10.6 Å². The Hall–Kier alpha value is -0.650. The number of ether oxygens (including phenoxy) is 2. The highest BCUT2D eigenvalue weighted by Crippen LogP contribution is 2.12. The van der Waals surface area contributed by atoms with Gasteiger partial charge in [-0.05, 0) is 45.2 Å². The minimum absolute atomic E-state index is 0.00212. The molecular weight excluding hydrogens is 232 g/mol. The summed E-state index contributed by atoms with van der Waals surface area (Å²) in [4.78, 5) is 11.7. The van der Waals surface area contributed by atoms with E-state index >= 15 is 0 Å². The number of rotatable bonds is 5. The van der Waals surface area contributed by atoms with Gasteiger partial charge in [0.2, 0.25) is 5.91 Å². The van der Waals surface area contributed by atoms with E-state index in [0.29, 0.717) is 12.6 Å². The number of carbonyl (C=O) groups excluding carboxylic acids is 1. The van der Waals surface area contributed by atoms with E-state index in [1.54, 1.807) is 0 Å². The Kier molecular flexibility index (Phi) is 5.90. The summed E-state index contributed by atoms with van der Waals surface area (Å²) >= 11 is 0. The van der Waals surface area contributed by atoms with E-state index in [4.69, 9.17) is 9.47 Å². The van der Waals surface area contributed by atoms with Crippen LogP contribution in [0.2, 0.25) is 0 Å². The Morgan fingerprint density at radius 2 is 2.11 bits per heavy atom. The fourth-order valence-electron chi connectivity index (χ4n) is 2.46. The molecule has 2 N–H and O–H groups in total. The molecule has 5 nitrogen and oxygen atoms in total. The lowest BCUT2D eigenvalue weighted by atomic mass is 10.1. The van der Waals surface area contributed by atoms with E-state index in [-0.39, 0.29) is 18.6 Å². The van der Waals surface area contributed by atoms with E-state index in [1.165, 1.54) is 6.42 Å². The molecule has 2 saturated heterocycles. The van der Waals surface area contributed by atoms with Crippen LogP contribution in [-0.4, -0.2) is 51.0 Å². The van der Waals surface area contributed by atoms with Crippen molar-refractivity contribution in [2.24, 2.45) is 0 Å². The van der Waals surface area contributed by atoms with Crippen LogP contribution in [0.15, 0.2) is 0 Å². The summed E-state index contributed by atoms with van der Waals surface area (Å²) in [5, 5.41) is 6.29. The first-order chi connectivity index (χ1) is 8.84. The molecule has 1 amide bonds. The van der Waals surface area contributed by atoms with Gasteiger partial charge in [0.15, 0.2) is 0 Å². The average molecular weight is 256 g/mol. The Labute approximate surface area is 109 Å². The van der Waals surface area contributed by atoms with Crippen molar-refractivity contribution in [1.82, 2.24) is 10.6 Å². The van der Waals surface area contributed by atoms with Crippen molar-refractivity contribution >= 4 is 5.91 Å². The molecule has 0 spiro atoms. The molecule has 0 bridgehead atoms. The number of piperidine rings is 1. The van der Waals surface area contributed by atoms with Crippen molar-refractivity contribution in [1.29, 1.82) is 0 Å². The Balaban J connectivity index is 1.53. The van der Waals surface area contributed by atoms with E-state index < -0.39 is 0 Å². The molecule has 0 aliphatic carbocycles. The summed E-state index contributed by atoms with van der Waals surface area (Å²) < 4.78 is 11.0. The summed E-state index contributed by atoms with van der Waals surface area (Å²) in [7, 11) is 0. The van der Waals surface area contributed by atoms with E-state index in [0.717, 1.165) is 45.4 Å². The lowest BCUT2D eigenvalue weighted by Gasteiger charge is -2.24. The SMILES string of the molecule is O=C(COC[C@@H]1CCCCO1)NC1CCNCC1. The minimum atomic E-state index is -0.00212. The highest BCUT2D eigenvalue weighted by molar-refractivity contribution is 5.77. The van der Waals surface area contributed by atoms with Gasteiger partial charge in [-0.2, -0.15) is 0 Å². The summed E-state index contributed by atoms with van der Waals surface area (Å²) in [6.45, 7) is 3.50. The van der Waals surface area contributed by atoms with E-state index in [1.807, 2.05) is 0 Å². The summed E-state index contributed by atoms with van der Waals surface area (Å²) in [6, 6.07) is 0.313. The van der Waals surface area contributed by atoms with Gasteiger partial charge in [0.1, 0.15) is 6.61 Å². The van der Waals surface area contributed by atoms with Crippen molar-refractivity contribution < 1.29 is 14.3 Å². The first-order valence-corrected chi connectivity index (χ1v) is 7.04. The highest BCUT2D eigenvalue weighted by Gasteiger charge is 2.17. The molecule has 0 saturated carbocycles.